The van der Waals surface area contributed by atoms with Crippen molar-refractivity contribution in [3.05, 3.63) is 59.7 Å². The monoisotopic (exact) mass is 309 g/mol. The number of para-hydroxylation sites is 1. The summed E-state index contributed by atoms with van der Waals surface area (Å²) < 4.78 is 0. The van der Waals surface area contributed by atoms with Gasteiger partial charge >= 0.3 is 0 Å². The van der Waals surface area contributed by atoms with Gasteiger partial charge in [-0.05, 0) is 42.7 Å². The minimum absolute atomic E-state index is 0.108. The molecule has 1 aliphatic heterocycles. The molecule has 0 spiro atoms. The minimum atomic E-state index is -0.508. The number of amides is 2. The van der Waals surface area contributed by atoms with Gasteiger partial charge in [-0.1, -0.05) is 24.3 Å². The van der Waals surface area contributed by atoms with Crippen molar-refractivity contribution in [2.24, 2.45) is 5.73 Å². The van der Waals surface area contributed by atoms with Gasteiger partial charge in [0.1, 0.15) is 0 Å². The van der Waals surface area contributed by atoms with E-state index in [0.717, 1.165) is 25.1 Å². The third-order valence-electron chi connectivity index (χ3n) is 3.97. The third-order valence-corrected chi connectivity index (χ3v) is 3.97. The molecule has 3 N–H and O–H groups in total. The fraction of sp³-hybridized carbons (Fsp3) is 0.222. The van der Waals surface area contributed by atoms with Crippen molar-refractivity contribution >= 4 is 23.2 Å². The predicted molar refractivity (Wildman–Crippen MR) is 90.6 cm³/mol. The second-order valence-electron chi connectivity index (χ2n) is 5.65. The molecule has 5 nitrogen and oxygen atoms in total. The van der Waals surface area contributed by atoms with Crippen LogP contribution in [0, 0.1) is 0 Å². The van der Waals surface area contributed by atoms with Crippen molar-refractivity contribution in [2.45, 2.75) is 12.8 Å². The number of benzene rings is 2. The average Bonchev–Trinajstić information content (AvgIpc) is 2.55. The van der Waals surface area contributed by atoms with Gasteiger partial charge in [-0.15, -0.1) is 0 Å². The lowest BCUT2D eigenvalue weighted by Crippen LogP contribution is -2.36. The van der Waals surface area contributed by atoms with Crippen LogP contribution in [0.25, 0.3) is 0 Å². The van der Waals surface area contributed by atoms with Crippen LogP contribution < -0.4 is 16.0 Å². The van der Waals surface area contributed by atoms with Crippen molar-refractivity contribution in [3.8, 4) is 0 Å². The SMILES string of the molecule is NC(=O)c1cccc(NC(=O)CN2CCCc3ccccc32)c1. The van der Waals surface area contributed by atoms with Crippen LogP contribution >= 0.6 is 0 Å². The van der Waals surface area contributed by atoms with E-state index in [-0.39, 0.29) is 12.5 Å². The Morgan fingerprint density at radius 1 is 1.13 bits per heavy atom. The van der Waals surface area contributed by atoms with Crippen LogP contribution in [-0.4, -0.2) is 24.9 Å². The number of fused-ring (bicyclic) bond motifs is 1. The van der Waals surface area contributed by atoms with Gasteiger partial charge in [0, 0.05) is 23.5 Å². The maximum atomic E-state index is 12.3. The molecule has 0 saturated heterocycles. The smallest absolute Gasteiger partial charge is 0.248 e. The van der Waals surface area contributed by atoms with Gasteiger partial charge in [-0.25, -0.2) is 0 Å². The summed E-state index contributed by atoms with van der Waals surface area (Å²) in [6, 6.07) is 14.8. The third kappa shape index (κ3) is 3.51. The number of rotatable bonds is 4. The molecule has 0 unspecified atom stereocenters. The van der Waals surface area contributed by atoms with Crippen LogP contribution in [-0.2, 0) is 11.2 Å². The molecule has 23 heavy (non-hydrogen) atoms. The number of primary amides is 1. The highest BCUT2D eigenvalue weighted by Gasteiger charge is 2.18. The lowest BCUT2D eigenvalue weighted by Gasteiger charge is -2.30. The first-order valence-electron chi connectivity index (χ1n) is 7.66. The minimum Gasteiger partial charge on any atom is -0.366 e. The molecule has 2 amide bonds. The number of nitrogens with zero attached hydrogens (tertiary/aromatic N) is 1. The molecule has 118 valence electrons. The highest BCUT2D eigenvalue weighted by molar-refractivity contribution is 5.97. The molecule has 0 radical (unpaired) electrons. The molecular formula is C18H19N3O2. The summed E-state index contributed by atoms with van der Waals surface area (Å²) in [4.78, 5) is 25.6. The second kappa shape index (κ2) is 6.52. The van der Waals surface area contributed by atoms with Gasteiger partial charge in [-0.3, -0.25) is 9.59 Å². The molecule has 1 aliphatic rings. The van der Waals surface area contributed by atoms with Crippen molar-refractivity contribution in [1.82, 2.24) is 0 Å². The highest BCUT2D eigenvalue weighted by Crippen LogP contribution is 2.26. The molecule has 2 aromatic rings. The van der Waals surface area contributed by atoms with E-state index in [4.69, 9.17) is 5.73 Å². The zero-order valence-electron chi connectivity index (χ0n) is 12.8. The lowest BCUT2D eigenvalue weighted by molar-refractivity contribution is -0.115. The molecule has 1 heterocycles. The number of nitrogens with two attached hydrogens (primary N) is 1. The topological polar surface area (TPSA) is 75.4 Å². The Morgan fingerprint density at radius 2 is 1.96 bits per heavy atom. The zero-order valence-corrected chi connectivity index (χ0v) is 12.8. The molecule has 0 bridgehead atoms. The normalized spacial score (nSPS) is 13.3. The molecule has 0 aliphatic carbocycles. The van der Waals surface area contributed by atoms with E-state index in [1.165, 1.54) is 5.56 Å². The first-order valence-corrected chi connectivity index (χ1v) is 7.66. The van der Waals surface area contributed by atoms with E-state index in [2.05, 4.69) is 22.3 Å². The summed E-state index contributed by atoms with van der Waals surface area (Å²) in [5, 5.41) is 2.83. The highest BCUT2D eigenvalue weighted by atomic mass is 16.2. The first kappa shape index (κ1) is 15.1. The number of carbonyl (C=O) groups excluding carboxylic acids is 2. The Bertz CT molecular complexity index is 743. The predicted octanol–water partition coefficient (Wildman–Crippen LogP) is 2.18. The van der Waals surface area contributed by atoms with Crippen LogP contribution in [0.15, 0.2) is 48.5 Å². The Labute approximate surface area is 135 Å². The molecule has 0 aromatic heterocycles. The van der Waals surface area contributed by atoms with Gasteiger partial charge < -0.3 is 16.0 Å². The van der Waals surface area contributed by atoms with Crippen LogP contribution in [0.5, 0.6) is 0 Å². The van der Waals surface area contributed by atoms with E-state index in [9.17, 15) is 9.59 Å². The molecule has 2 aromatic carbocycles. The maximum Gasteiger partial charge on any atom is 0.248 e. The van der Waals surface area contributed by atoms with Crippen LogP contribution in [0.2, 0.25) is 0 Å². The Balaban J connectivity index is 1.69. The number of carbonyl (C=O) groups is 2. The van der Waals surface area contributed by atoms with Crippen molar-refractivity contribution in [1.29, 1.82) is 0 Å². The molecule has 0 atom stereocenters. The summed E-state index contributed by atoms with van der Waals surface area (Å²) in [6.07, 6.45) is 2.09. The van der Waals surface area contributed by atoms with Crippen LogP contribution in [0.1, 0.15) is 22.3 Å². The number of hydrogen-bond donors (Lipinski definition) is 2. The second-order valence-corrected chi connectivity index (χ2v) is 5.65. The van der Waals surface area contributed by atoms with E-state index in [0.29, 0.717) is 11.3 Å². The fourth-order valence-corrected chi connectivity index (χ4v) is 2.90. The van der Waals surface area contributed by atoms with Gasteiger partial charge in [0.2, 0.25) is 11.8 Å². The van der Waals surface area contributed by atoms with E-state index in [1.807, 2.05) is 12.1 Å². The summed E-state index contributed by atoms with van der Waals surface area (Å²) in [7, 11) is 0. The number of anilines is 2. The zero-order chi connectivity index (χ0) is 16.2. The van der Waals surface area contributed by atoms with Crippen molar-refractivity contribution in [3.63, 3.8) is 0 Å². The number of aryl methyl sites for hydroxylation is 1. The maximum absolute atomic E-state index is 12.3. The largest absolute Gasteiger partial charge is 0.366 e. The van der Waals surface area contributed by atoms with Crippen molar-refractivity contribution in [2.75, 3.05) is 23.3 Å². The first-order chi connectivity index (χ1) is 11.1. The van der Waals surface area contributed by atoms with Crippen LogP contribution in [0.3, 0.4) is 0 Å². The average molecular weight is 309 g/mol. The van der Waals surface area contributed by atoms with E-state index in [1.54, 1.807) is 24.3 Å². The summed E-state index contributed by atoms with van der Waals surface area (Å²) >= 11 is 0. The van der Waals surface area contributed by atoms with Crippen molar-refractivity contribution < 1.29 is 9.59 Å². The molecule has 0 saturated carbocycles. The van der Waals surface area contributed by atoms with Gasteiger partial charge in [-0.2, -0.15) is 0 Å². The number of nitrogens with one attached hydrogen (secondary N) is 1. The fourth-order valence-electron chi connectivity index (χ4n) is 2.90. The molecule has 3 rings (SSSR count). The lowest BCUT2D eigenvalue weighted by atomic mass is 10.0. The molecular weight excluding hydrogens is 290 g/mol. The van der Waals surface area contributed by atoms with E-state index < -0.39 is 5.91 Å². The Kier molecular flexibility index (Phi) is 4.28. The van der Waals surface area contributed by atoms with Gasteiger partial charge in [0.25, 0.3) is 0 Å². The summed E-state index contributed by atoms with van der Waals surface area (Å²) in [6.45, 7) is 1.16. The quantitative estimate of drug-likeness (QED) is 0.909. The summed E-state index contributed by atoms with van der Waals surface area (Å²) in [5.74, 6) is -0.616. The van der Waals surface area contributed by atoms with E-state index >= 15 is 0 Å². The van der Waals surface area contributed by atoms with Crippen LogP contribution in [0.4, 0.5) is 11.4 Å². The van der Waals surface area contributed by atoms with Gasteiger partial charge in [0.05, 0.1) is 6.54 Å². The van der Waals surface area contributed by atoms with Gasteiger partial charge in [0.15, 0.2) is 0 Å². The molecule has 5 heteroatoms. The summed E-state index contributed by atoms with van der Waals surface area (Å²) in [5.41, 5.74) is 8.62. The Hall–Kier alpha value is -2.82. The number of hydrogen-bond acceptors (Lipinski definition) is 3. The molecule has 0 fully saturated rings. The Morgan fingerprint density at radius 3 is 2.78 bits per heavy atom. The standard InChI is InChI=1S/C18H19N3O2/c19-18(23)14-6-3-8-15(11-14)20-17(22)12-21-10-4-7-13-5-1-2-9-16(13)21/h1-3,5-6,8-9,11H,4,7,10,12H2,(H2,19,23)(H,20,22).